The van der Waals surface area contributed by atoms with Gasteiger partial charge >= 0.3 is 0 Å². The van der Waals surface area contributed by atoms with Crippen molar-refractivity contribution in [2.24, 2.45) is 5.92 Å². The van der Waals surface area contributed by atoms with Gasteiger partial charge in [-0.3, -0.25) is 0 Å². The first-order chi connectivity index (χ1) is 16.5. The molecule has 1 aliphatic rings. The van der Waals surface area contributed by atoms with Gasteiger partial charge in [0.05, 0.1) is 28.4 Å². The second kappa shape index (κ2) is 10.4. The first-order valence-corrected chi connectivity index (χ1v) is 14.8. The van der Waals surface area contributed by atoms with Crippen LogP contribution in [-0.2, 0) is 11.2 Å². The highest BCUT2D eigenvalue weighted by molar-refractivity contribution is 6.74. The lowest BCUT2D eigenvalue weighted by molar-refractivity contribution is -0.110. The van der Waals surface area contributed by atoms with Crippen LogP contribution in [0.25, 0.3) is 5.57 Å². The first kappa shape index (κ1) is 26.7. The molecule has 2 aromatic rings. The molecule has 0 bridgehead atoms. The summed E-state index contributed by atoms with van der Waals surface area (Å²) < 4.78 is 29.4. The van der Waals surface area contributed by atoms with Crippen molar-refractivity contribution in [3.05, 3.63) is 47.0 Å². The van der Waals surface area contributed by atoms with E-state index in [0.29, 0.717) is 41.6 Å². The Morgan fingerprint density at radius 1 is 0.886 bits per heavy atom. The summed E-state index contributed by atoms with van der Waals surface area (Å²) in [5.74, 6) is 2.92. The second-order valence-corrected chi connectivity index (χ2v) is 15.0. The molecule has 0 amide bonds. The molecule has 7 heteroatoms. The number of hydrogen-bond acceptors (Lipinski definition) is 6. The molecule has 6 nitrogen and oxygen atoms in total. The van der Waals surface area contributed by atoms with E-state index in [9.17, 15) is 4.79 Å². The second-order valence-electron chi connectivity index (χ2n) is 10.3. The van der Waals surface area contributed by atoms with Crippen molar-refractivity contribution < 1.29 is 28.2 Å². The van der Waals surface area contributed by atoms with Gasteiger partial charge in [-0.2, -0.15) is 0 Å². The summed E-state index contributed by atoms with van der Waals surface area (Å²) in [6.45, 7) is 11.0. The molecule has 0 radical (unpaired) electrons. The lowest BCUT2D eigenvalue weighted by Crippen LogP contribution is -2.43. The van der Waals surface area contributed by atoms with Crippen molar-refractivity contribution in [1.29, 1.82) is 0 Å². The van der Waals surface area contributed by atoms with Crippen LogP contribution in [0.15, 0.2) is 30.3 Å². The van der Waals surface area contributed by atoms with Crippen molar-refractivity contribution in [3.8, 4) is 28.7 Å². The number of hydrogen-bond donors (Lipinski definition) is 0. The van der Waals surface area contributed by atoms with Crippen LogP contribution >= 0.6 is 0 Å². The number of rotatable bonds is 8. The number of allylic oxidation sites excluding steroid dienone is 1. The van der Waals surface area contributed by atoms with Crippen LogP contribution in [-0.4, -0.2) is 43.0 Å². The molecule has 190 valence electrons. The molecule has 0 spiro atoms. The van der Waals surface area contributed by atoms with Crippen LogP contribution in [0.4, 0.5) is 0 Å². The minimum atomic E-state index is -2.12. The van der Waals surface area contributed by atoms with Crippen LogP contribution in [0.2, 0.25) is 18.1 Å². The molecule has 0 saturated carbocycles. The van der Waals surface area contributed by atoms with Crippen molar-refractivity contribution in [1.82, 2.24) is 0 Å². The number of carbonyl (C=O) groups excluding carboxylic acids is 1. The maximum absolute atomic E-state index is 11.9. The van der Waals surface area contributed by atoms with E-state index in [0.717, 1.165) is 28.5 Å². The summed E-state index contributed by atoms with van der Waals surface area (Å²) >= 11 is 0. The zero-order valence-corrected chi connectivity index (χ0v) is 23.4. The van der Waals surface area contributed by atoms with E-state index in [4.69, 9.17) is 23.4 Å². The van der Waals surface area contributed by atoms with Gasteiger partial charge in [0.1, 0.15) is 12.0 Å². The van der Waals surface area contributed by atoms with Crippen molar-refractivity contribution in [3.63, 3.8) is 0 Å². The Balaban J connectivity index is 2.25. The SMILES string of the molecule is COc1ccc(C2=C[C@H](C=O)CCc3c2cc(OC)c(OC)c3OC)cc1O[Si](C)(C)C(C)(C)C. The number of ether oxygens (including phenoxy) is 4. The molecular weight excluding hydrogens is 460 g/mol. The average molecular weight is 499 g/mol. The van der Waals surface area contributed by atoms with Crippen LogP contribution in [0.5, 0.6) is 28.7 Å². The zero-order chi connectivity index (χ0) is 26.0. The summed E-state index contributed by atoms with van der Waals surface area (Å²) in [6.07, 6.45) is 4.38. The standard InChI is InChI=1S/C28H38O6Si/c1-28(2,3)35(8,9)34-24-15-19(11-13-23(24)30-4)21-14-18(17-29)10-12-20-22(21)16-25(31-5)27(33-7)26(20)32-6/h11,13-18H,10,12H2,1-9H3/t18-/m1/s1. The topological polar surface area (TPSA) is 63.2 Å². The average Bonchev–Trinajstić information content (AvgIpc) is 3.01. The Bertz CT molecular complexity index is 1110. The Kier molecular flexibility index (Phi) is 7.89. The predicted octanol–water partition coefficient (Wildman–Crippen LogP) is 6.30. The smallest absolute Gasteiger partial charge is 0.250 e. The van der Waals surface area contributed by atoms with Crippen LogP contribution in [0.1, 0.15) is 43.9 Å². The van der Waals surface area contributed by atoms with Crippen molar-refractivity contribution in [2.75, 3.05) is 28.4 Å². The van der Waals surface area contributed by atoms with Gasteiger partial charge in [0.15, 0.2) is 17.2 Å². The fourth-order valence-corrected chi connectivity index (χ4v) is 5.13. The lowest BCUT2D eigenvalue weighted by atomic mass is 9.92. The van der Waals surface area contributed by atoms with Gasteiger partial charge in [-0.15, -0.1) is 0 Å². The van der Waals surface area contributed by atoms with Crippen molar-refractivity contribution in [2.45, 2.75) is 51.7 Å². The van der Waals surface area contributed by atoms with E-state index in [-0.39, 0.29) is 11.0 Å². The Morgan fingerprint density at radius 2 is 1.54 bits per heavy atom. The molecule has 35 heavy (non-hydrogen) atoms. The van der Waals surface area contributed by atoms with E-state index in [1.807, 2.05) is 30.3 Å². The Morgan fingerprint density at radius 3 is 2.09 bits per heavy atom. The van der Waals surface area contributed by atoms with Gasteiger partial charge in [0, 0.05) is 11.5 Å². The third kappa shape index (κ3) is 5.20. The monoisotopic (exact) mass is 498 g/mol. The highest BCUT2D eigenvalue weighted by atomic mass is 28.4. The van der Waals surface area contributed by atoms with E-state index in [2.05, 4.69) is 33.9 Å². The highest BCUT2D eigenvalue weighted by Crippen LogP contribution is 2.48. The van der Waals surface area contributed by atoms with E-state index in [1.165, 1.54) is 0 Å². The minimum Gasteiger partial charge on any atom is -0.541 e. The largest absolute Gasteiger partial charge is 0.541 e. The summed E-state index contributed by atoms with van der Waals surface area (Å²) in [4.78, 5) is 11.9. The molecule has 1 aliphatic carbocycles. The van der Waals surface area contributed by atoms with Gasteiger partial charge in [-0.25, -0.2) is 0 Å². The quantitative estimate of drug-likeness (QED) is 0.314. The zero-order valence-electron chi connectivity index (χ0n) is 22.4. The van der Waals surface area contributed by atoms with Gasteiger partial charge in [0.2, 0.25) is 5.75 Å². The molecule has 0 saturated heterocycles. The fourth-order valence-electron chi connectivity index (χ4n) is 4.11. The molecule has 0 aromatic heterocycles. The molecule has 0 heterocycles. The lowest BCUT2D eigenvalue weighted by Gasteiger charge is -2.37. The minimum absolute atomic E-state index is 0.0299. The summed E-state index contributed by atoms with van der Waals surface area (Å²) in [5.41, 5.74) is 3.80. The predicted molar refractivity (Wildman–Crippen MR) is 142 cm³/mol. The maximum atomic E-state index is 11.9. The van der Waals surface area contributed by atoms with Gasteiger partial charge < -0.3 is 28.2 Å². The molecule has 0 aliphatic heterocycles. The van der Waals surface area contributed by atoms with Gasteiger partial charge in [-0.05, 0) is 65.9 Å². The maximum Gasteiger partial charge on any atom is 0.250 e. The Labute approximate surface area is 210 Å². The summed E-state index contributed by atoms with van der Waals surface area (Å²) in [5, 5.41) is 0.0299. The van der Waals surface area contributed by atoms with E-state index < -0.39 is 8.32 Å². The number of fused-ring (bicyclic) bond motifs is 1. The molecule has 0 unspecified atom stereocenters. The summed E-state index contributed by atoms with van der Waals surface area (Å²) in [7, 11) is 4.36. The Hall–Kier alpha value is -2.93. The molecule has 3 rings (SSSR count). The third-order valence-electron chi connectivity index (χ3n) is 7.15. The van der Waals surface area contributed by atoms with Gasteiger partial charge in [0.25, 0.3) is 8.32 Å². The van der Waals surface area contributed by atoms with Crippen LogP contribution in [0, 0.1) is 5.92 Å². The molecule has 1 atom stereocenters. The summed E-state index contributed by atoms with van der Waals surface area (Å²) in [6, 6.07) is 7.92. The highest BCUT2D eigenvalue weighted by Gasteiger charge is 2.39. The van der Waals surface area contributed by atoms with E-state index in [1.54, 1.807) is 28.4 Å². The van der Waals surface area contributed by atoms with E-state index >= 15 is 0 Å². The molecular formula is C28H38O6Si. The number of carbonyl (C=O) groups is 1. The number of methoxy groups -OCH3 is 4. The van der Waals surface area contributed by atoms with Crippen LogP contribution in [0.3, 0.4) is 0 Å². The molecule has 0 N–H and O–H groups in total. The molecule has 0 fully saturated rings. The normalized spacial score (nSPS) is 15.9. The number of benzene rings is 2. The number of aldehydes is 1. The van der Waals surface area contributed by atoms with Crippen LogP contribution < -0.4 is 23.4 Å². The third-order valence-corrected chi connectivity index (χ3v) is 11.5. The van der Waals surface area contributed by atoms with Crippen molar-refractivity contribution >= 4 is 20.2 Å². The first-order valence-electron chi connectivity index (χ1n) is 11.9. The fraction of sp³-hybridized carbons (Fsp3) is 0.464. The molecule has 2 aromatic carbocycles. The van der Waals surface area contributed by atoms with Gasteiger partial charge in [-0.1, -0.05) is 32.9 Å².